The Bertz CT molecular complexity index is 681. The third-order valence-electron chi connectivity index (χ3n) is 2.56. The highest BCUT2D eigenvalue weighted by Crippen LogP contribution is 2.31. The smallest absolute Gasteiger partial charge is 0.433 e. The summed E-state index contributed by atoms with van der Waals surface area (Å²) in [5, 5.41) is 0.0410. The van der Waals surface area contributed by atoms with Crippen molar-refractivity contribution < 1.29 is 22.7 Å². The van der Waals surface area contributed by atoms with Crippen LogP contribution in [0.3, 0.4) is 0 Å². The molecule has 0 unspecified atom stereocenters. The number of hydrogen-bond donors (Lipinski definition) is 0. The average Bonchev–Trinajstić information content (AvgIpc) is 2.53. The van der Waals surface area contributed by atoms with Gasteiger partial charge < -0.3 is 4.74 Å². The number of hydrogen-bond acceptors (Lipinski definition) is 6. The van der Waals surface area contributed by atoms with Gasteiger partial charge in [0.05, 0.1) is 12.4 Å². The predicted molar refractivity (Wildman–Crippen MR) is 77.6 cm³/mol. The first-order valence-electron chi connectivity index (χ1n) is 6.55. The number of alkyl halides is 3. The number of halogens is 3. The molecule has 23 heavy (non-hydrogen) atoms. The zero-order chi connectivity index (χ0) is 16.9. The molecule has 0 aromatic carbocycles. The van der Waals surface area contributed by atoms with Gasteiger partial charge >= 0.3 is 12.1 Å². The third-order valence-corrected chi connectivity index (χ3v) is 3.44. The maximum absolute atomic E-state index is 13.0. The molecular weight excluding hydrogens is 331 g/mol. The molecule has 9 heteroatoms. The first-order valence-corrected chi connectivity index (χ1v) is 7.54. The summed E-state index contributed by atoms with van der Waals surface area (Å²) in [4.78, 5) is 22.8. The lowest BCUT2D eigenvalue weighted by Crippen LogP contribution is -2.11. The van der Waals surface area contributed by atoms with Crippen LogP contribution in [0.15, 0.2) is 35.6 Å². The first-order chi connectivity index (χ1) is 10.9. The summed E-state index contributed by atoms with van der Waals surface area (Å²) >= 11 is 0.862. The van der Waals surface area contributed by atoms with Crippen LogP contribution >= 0.6 is 11.8 Å². The Hall–Kier alpha value is -2.16. The summed E-state index contributed by atoms with van der Waals surface area (Å²) in [6.45, 7) is 1.85. The number of thioether (sulfide) groups is 1. The highest BCUT2D eigenvalue weighted by Gasteiger charge is 2.34. The van der Waals surface area contributed by atoms with Gasteiger partial charge in [-0.05, 0) is 19.1 Å². The minimum absolute atomic E-state index is 0.0410. The van der Waals surface area contributed by atoms with E-state index in [2.05, 4.69) is 15.0 Å². The number of ether oxygens (including phenoxy) is 1. The SMILES string of the molecule is CCOC(=O)CSc1cc(C(F)(F)F)nc(-c2cccnc2)n1. The Morgan fingerprint density at radius 2 is 2.13 bits per heavy atom. The standard InChI is InChI=1S/C14H12F3N3O2S/c1-2-22-12(21)8-23-11-6-10(14(15,16)17)19-13(20-11)9-4-3-5-18-7-9/h3-7H,2,8H2,1H3. The van der Waals surface area contributed by atoms with Crippen molar-refractivity contribution in [2.75, 3.05) is 12.4 Å². The van der Waals surface area contributed by atoms with Crippen molar-refractivity contribution in [3.63, 3.8) is 0 Å². The summed E-state index contributed by atoms with van der Waals surface area (Å²) in [5.41, 5.74) is -0.714. The molecule has 0 radical (unpaired) electrons. The Morgan fingerprint density at radius 3 is 2.74 bits per heavy atom. The van der Waals surface area contributed by atoms with E-state index >= 15 is 0 Å². The molecule has 0 saturated heterocycles. The van der Waals surface area contributed by atoms with Gasteiger partial charge in [0.25, 0.3) is 0 Å². The van der Waals surface area contributed by atoms with Gasteiger partial charge in [0, 0.05) is 24.0 Å². The van der Waals surface area contributed by atoms with Crippen LogP contribution in [-0.4, -0.2) is 33.3 Å². The molecule has 0 bridgehead atoms. The number of carbonyl (C=O) groups excluding carboxylic acids is 1. The van der Waals surface area contributed by atoms with E-state index in [0.717, 1.165) is 17.8 Å². The van der Waals surface area contributed by atoms with E-state index in [1.807, 2.05) is 0 Å². The van der Waals surface area contributed by atoms with Crippen LogP contribution in [0.25, 0.3) is 11.4 Å². The number of aromatic nitrogens is 3. The fourth-order valence-corrected chi connectivity index (χ4v) is 2.30. The predicted octanol–water partition coefficient (Wildman–Crippen LogP) is 3.21. The largest absolute Gasteiger partial charge is 0.465 e. The molecule has 0 N–H and O–H groups in total. The van der Waals surface area contributed by atoms with Crippen molar-refractivity contribution in [1.82, 2.24) is 15.0 Å². The van der Waals surface area contributed by atoms with Crippen molar-refractivity contribution in [3.05, 3.63) is 36.3 Å². The molecule has 2 heterocycles. The normalized spacial score (nSPS) is 11.3. The molecule has 0 atom stereocenters. The molecule has 2 rings (SSSR count). The molecule has 0 saturated carbocycles. The Morgan fingerprint density at radius 1 is 1.35 bits per heavy atom. The maximum atomic E-state index is 13.0. The van der Waals surface area contributed by atoms with Crippen LogP contribution in [0, 0.1) is 0 Å². The molecule has 0 amide bonds. The summed E-state index contributed by atoms with van der Waals surface area (Å²) < 4.78 is 43.7. The number of carbonyl (C=O) groups is 1. The molecule has 122 valence electrons. The van der Waals surface area contributed by atoms with Crippen LogP contribution < -0.4 is 0 Å². The average molecular weight is 343 g/mol. The lowest BCUT2D eigenvalue weighted by Gasteiger charge is -2.10. The quantitative estimate of drug-likeness (QED) is 0.472. The van der Waals surface area contributed by atoms with Crippen LogP contribution in [-0.2, 0) is 15.7 Å². The van der Waals surface area contributed by atoms with E-state index in [4.69, 9.17) is 4.74 Å². The minimum atomic E-state index is -4.61. The van der Waals surface area contributed by atoms with Gasteiger partial charge in [-0.25, -0.2) is 9.97 Å². The van der Waals surface area contributed by atoms with E-state index in [1.54, 1.807) is 19.1 Å². The third kappa shape index (κ3) is 4.92. The highest BCUT2D eigenvalue weighted by atomic mass is 32.2. The number of esters is 1. The second-order valence-corrected chi connectivity index (χ2v) is 5.24. The number of nitrogens with zero attached hydrogens (tertiary/aromatic N) is 3. The zero-order valence-corrected chi connectivity index (χ0v) is 12.8. The van der Waals surface area contributed by atoms with E-state index < -0.39 is 17.8 Å². The molecule has 5 nitrogen and oxygen atoms in total. The number of rotatable bonds is 5. The molecule has 2 aromatic heterocycles. The summed E-state index contributed by atoms with van der Waals surface area (Å²) in [7, 11) is 0. The van der Waals surface area contributed by atoms with Crippen molar-refractivity contribution >= 4 is 17.7 Å². The van der Waals surface area contributed by atoms with Gasteiger partial charge in [0.1, 0.15) is 10.7 Å². The van der Waals surface area contributed by atoms with E-state index in [-0.39, 0.29) is 23.2 Å². The molecular formula is C14H12F3N3O2S. The molecule has 0 aliphatic heterocycles. The van der Waals surface area contributed by atoms with Crippen molar-refractivity contribution in [3.8, 4) is 11.4 Å². The Kier molecular flexibility index (Phi) is 5.54. The van der Waals surface area contributed by atoms with E-state index in [0.29, 0.717) is 5.56 Å². The minimum Gasteiger partial charge on any atom is -0.465 e. The van der Waals surface area contributed by atoms with Crippen LogP contribution in [0.2, 0.25) is 0 Å². The van der Waals surface area contributed by atoms with Crippen LogP contribution in [0.1, 0.15) is 12.6 Å². The fraction of sp³-hybridized carbons (Fsp3) is 0.286. The van der Waals surface area contributed by atoms with Gasteiger partial charge in [0.15, 0.2) is 5.82 Å². The van der Waals surface area contributed by atoms with Gasteiger partial charge in [-0.15, -0.1) is 0 Å². The molecule has 2 aromatic rings. The zero-order valence-electron chi connectivity index (χ0n) is 12.0. The van der Waals surface area contributed by atoms with Crippen molar-refractivity contribution in [2.45, 2.75) is 18.1 Å². The van der Waals surface area contributed by atoms with Gasteiger partial charge in [-0.1, -0.05) is 11.8 Å². The van der Waals surface area contributed by atoms with Crippen molar-refractivity contribution in [1.29, 1.82) is 0 Å². The molecule has 0 aliphatic rings. The van der Waals surface area contributed by atoms with Crippen molar-refractivity contribution in [2.24, 2.45) is 0 Å². The number of pyridine rings is 1. The first kappa shape index (κ1) is 17.2. The van der Waals surface area contributed by atoms with Crippen LogP contribution in [0.5, 0.6) is 0 Å². The van der Waals surface area contributed by atoms with Gasteiger partial charge in [0.2, 0.25) is 0 Å². The van der Waals surface area contributed by atoms with Gasteiger partial charge in [-0.2, -0.15) is 13.2 Å². The molecule has 0 spiro atoms. The van der Waals surface area contributed by atoms with E-state index in [1.165, 1.54) is 12.4 Å². The second kappa shape index (κ2) is 7.40. The summed E-state index contributed by atoms with van der Waals surface area (Å²) in [5.74, 6) is -0.749. The summed E-state index contributed by atoms with van der Waals surface area (Å²) in [6.07, 6.45) is -1.75. The molecule has 0 aliphatic carbocycles. The lowest BCUT2D eigenvalue weighted by atomic mass is 10.2. The Labute approximate surface area is 134 Å². The maximum Gasteiger partial charge on any atom is 0.433 e. The van der Waals surface area contributed by atoms with Crippen LogP contribution in [0.4, 0.5) is 13.2 Å². The monoisotopic (exact) mass is 343 g/mol. The second-order valence-electron chi connectivity index (χ2n) is 4.25. The summed E-state index contributed by atoms with van der Waals surface area (Å²) in [6, 6.07) is 3.94. The highest BCUT2D eigenvalue weighted by molar-refractivity contribution is 7.99. The fourth-order valence-electron chi connectivity index (χ4n) is 1.60. The molecule has 0 fully saturated rings. The van der Waals surface area contributed by atoms with E-state index in [9.17, 15) is 18.0 Å². The Balaban J connectivity index is 2.33. The van der Waals surface area contributed by atoms with Gasteiger partial charge in [-0.3, -0.25) is 9.78 Å². The topological polar surface area (TPSA) is 65.0 Å². The lowest BCUT2D eigenvalue weighted by molar-refractivity contribution is -0.141.